The molecule has 0 spiro atoms. The summed E-state index contributed by atoms with van der Waals surface area (Å²) >= 11 is 3.50. The molecule has 0 saturated heterocycles. The third kappa shape index (κ3) is 3.71. The summed E-state index contributed by atoms with van der Waals surface area (Å²) in [4.78, 5) is 18.8. The lowest BCUT2D eigenvalue weighted by Gasteiger charge is -2.18. The first-order valence-corrected chi connectivity index (χ1v) is 8.40. The second-order valence-corrected chi connectivity index (χ2v) is 6.59. The largest absolute Gasteiger partial charge is 0.311 e. The molecule has 0 fully saturated rings. The molecule has 1 aromatic carbocycles. The van der Waals surface area contributed by atoms with Gasteiger partial charge in [0.2, 0.25) is 0 Å². The molecule has 3 aromatic rings. The number of hydrogen-bond donors (Lipinski definition) is 0. The molecule has 0 amide bonds. The van der Waals surface area contributed by atoms with E-state index in [0.29, 0.717) is 25.2 Å². The molecule has 0 aliphatic rings. The van der Waals surface area contributed by atoms with Gasteiger partial charge < -0.3 is 9.47 Å². The highest BCUT2D eigenvalue weighted by molar-refractivity contribution is 9.10. The molecule has 4 nitrogen and oxygen atoms in total. The first-order valence-electron chi connectivity index (χ1n) is 7.61. The average molecular weight is 390 g/mol. The van der Waals surface area contributed by atoms with Gasteiger partial charge in [0.05, 0.1) is 0 Å². The number of benzene rings is 1. The summed E-state index contributed by atoms with van der Waals surface area (Å²) in [5, 5.41) is 0.818. The topological polar surface area (TPSA) is 38.1 Å². The van der Waals surface area contributed by atoms with Crippen molar-refractivity contribution in [1.82, 2.24) is 14.5 Å². The van der Waals surface area contributed by atoms with Gasteiger partial charge in [-0.2, -0.15) is 0 Å². The van der Waals surface area contributed by atoms with Gasteiger partial charge in [-0.1, -0.05) is 12.1 Å². The predicted molar refractivity (Wildman–Crippen MR) is 96.4 cm³/mol. The van der Waals surface area contributed by atoms with E-state index in [2.05, 4.69) is 25.8 Å². The highest BCUT2D eigenvalue weighted by Gasteiger charge is 2.09. The zero-order valence-corrected chi connectivity index (χ0v) is 14.8. The lowest BCUT2D eigenvalue weighted by molar-refractivity contribution is 0.310. The van der Waals surface area contributed by atoms with Gasteiger partial charge >= 0.3 is 0 Å². The zero-order chi connectivity index (χ0) is 17.1. The SMILES string of the molecule is CN(CCn1cc(Br)c2cccnc2c1=O)Cc1ccc(F)cc1. The highest BCUT2D eigenvalue weighted by atomic mass is 79.9. The second-order valence-electron chi connectivity index (χ2n) is 5.74. The standard InChI is InChI=1S/C18H17BrFN3O/c1-22(11-13-4-6-14(20)7-5-13)9-10-23-12-16(19)15-3-2-8-21-17(15)18(23)24/h2-8,12H,9-11H2,1H3. The van der Waals surface area contributed by atoms with Crippen LogP contribution in [0.1, 0.15) is 5.56 Å². The van der Waals surface area contributed by atoms with Crippen molar-refractivity contribution in [2.75, 3.05) is 13.6 Å². The number of fused-ring (bicyclic) bond motifs is 1. The van der Waals surface area contributed by atoms with Crippen molar-refractivity contribution in [3.05, 3.63) is 75.0 Å². The van der Waals surface area contributed by atoms with Gasteiger partial charge in [0.25, 0.3) is 5.56 Å². The Morgan fingerprint density at radius 1 is 1.25 bits per heavy atom. The second kappa shape index (κ2) is 7.23. The molecule has 124 valence electrons. The van der Waals surface area contributed by atoms with Crippen LogP contribution in [-0.2, 0) is 13.1 Å². The monoisotopic (exact) mass is 389 g/mol. The summed E-state index contributed by atoms with van der Waals surface area (Å²) in [7, 11) is 1.97. The number of halogens is 2. The van der Waals surface area contributed by atoms with Crippen molar-refractivity contribution in [1.29, 1.82) is 0 Å². The van der Waals surface area contributed by atoms with Crippen molar-refractivity contribution in [2.45, 2.75) is 13.1 Å². The third-order valence-corrected chi connectivity index (χ3v) is 4.52. The molecule has 0 atom stereocenters. The Morgan fingerprint density at radius 2 is 2.00 bits per heavy atom. The summed E-state index contributed by atoms with van der Waals surface area (Å²) < 4.78 is 15.5. The summed E-state index contributed by atoms with van der Waals surface area (Å²) in [6.07, 6.45) is 3.43. The molecule has 0 radical (unpaired) electrons. The van der Waals surface area contributed by atoms with Crippen molar-refractivity contribution in [3.8, 4) is 0 Å². The Bertz CT molecular complexity index is 908. The molecular formula is C18H17BrFN3O. The Hall–Kier alpha value is -2.05. The number of rotatable bonds is 5. The number of nitrogens with zero attached hydrogens (tertiary/aromatic N) is 3. The van der Waals surface area contributed by atoms with Gasteiger partial charge in [0, 0.05) is 41.9 Å². The van der Waals surface area contributed by atoms with Crippen LogP contribution in [0.5, 0.6) is 0 Å². The summed E-state index contributed by atoms with van der Waals surface area (Å²) in [6.45, 7) is 1.95. The van der Waals surface area contributed by atoms with Crippen molar-refractivity contribution < 1.29 is 4.39 Å². The summed E-state index contributed by atoms with van der Waals surface area (Å²) in [6, 6.07) is 10.1. The van der Waals surface area contributed by atoms with E-state index in [1.165, 1.54) is 12.1 Å². The van der Waals surface area contributed by atoms with E-state index < -0.39 is 0 Å². The smallest absolute Gasteiger partial charge is 0.277 e. The van der Waals surface area contributed by atoms with Gasteiger partial charge in [-0.15, -0.1) is 0 Å². The Morgan fingerprint density at radius 3 is 2.75 bits per heavy atom. The maximum absolute atomic E-state index is 12.9. The molecule has 2 heterocycles. The first kappa shape index (κ1) is 16.8. The van der Waals surface area contributed by atoms with Crippen LogP contribution < -0.4 is 5.56 Å². The minimum absolute atomic E-state index is 0.0935. The molecular weight excluding hydrogens is 373 g/mol. The lowest BCUT2D eigenvalue weighted by Crippen LogP contribution is -2.28. The molecule has 0 aliphatic heterocycles. The Balaban J connectivity index is 1.72. The van der Waals surface area contributed by atoms with E-state index in [1.807, 2.05) is 19.2 Å². The van der Waals surface area contributed by atoms with Gasteiger partial charge in [-0.25, -0.2) is 4.39 Å². The fourth-order valence-corrected chi connectivity index (χ4v) is 3.16. The molecule has 0 N–H and O–H groups in total. The number of pyridine rings is 2. The van der Waals surface area contributed by atoms with E-state index in [9.17, 15) is 9.18 Å². The third-order valence-electron chi connectivity index (χ3n) is 3.89. The van der Waals surface area contributed by atoms with E-state index >= 15 is 0 Å². The van der Waals surface area contributed by atoms with Crippen molar-refractivity contribution >= 4 is 26.8 Å². The van der Waals surface area contributed by atoms with Crippen LogP contribution in [0.2, 0.25) is 0 Å². The van der Waals surface area contributed by atoms with Crippen LogP contribution in [0.3, 0.4) is 0 Å². The quantitative estimate of drug-likeness (QED) is 0.670. The molecule has 6 heteroatoms. The van der Waals surface area contributed by atoms with Crippen molar-refractivity contribution in [3.63, 3.8) is 0 Å². The Kier molecular flexibility index (Phi) is 5.06. The highest BCUT2D eigenvalue weighted by Crippen LogP contribution is 2.19. The van der Waals surface area contributed by atoms with Gasteiger partial charge in [-0.3, -0.25) is 9.78 Å². The maximum Gasteiger partial charge on any atom is 0.277 e. The van der Waals surface area contributed by atoms with E-state index in [0.717, 1.165) is 15.4 Å². The molecule has 0 bridgehead atoms. The number of aromatic nitrogens is 2. The zero-order valence-electron chi connectivity index (χ0n) is 13.2. The Labute approximate surface area is 147 Å². The predicted octanol–water partition coefficient (Wildman–Crippen LogP) is 3.43. The first-order chi connectivity index (χ1) is 11.5. The molecule has 0 unspecified atom stereocenters. The fourth-order valence-electron chi connectivity index (χ4n) is 2.59. The van der Waals surface area contributed by atoms with Crippen LogP contribution in [0, 0.1) is 5.82 Å². The minimum atomic E-state index is -0.235. The number of likely N-dealkylation sites (N-methyl/N-ethyl adjacent to an activating group) is 1. The van der Waals surface area contributed by atoms with Gasteiger partial charge in [-0.05, 0) is 52.8 Å². The molecule has 0 aliphatic carbocycles. The van der Waals surface area contributed by atoms with Gasteiger partial charge in [0.15, 0.2) is 0 Å². The minimum Gasteiger partial charge on any atom is -0.311 e. The molecule has 0 saturated carbocycles. The van der Waals surface area contributed by atoms with E-state index in [1.54, 1.807) is 29.1 Å². The molecule has 24 heavy (non-hydrogen) atoms. The molecule has 3 rings (SSSR count). The summed E-state index contributed by atoms with van der Waals surface area (Å²) in [5.41, 5.74) is 1.41. The van der Waals surface area contributed by atoms with E-state index in [4.69, 9.17) is 0 Å². The van der Waals surface area contributed by atoms with Crippen LogP contribution in [-0.4, -0.2) is 28.0 Å². The maximum atomic E-state index is 12.9. The fraction of sp³-hybridized carbons (Fsp3) is 0.222. The normalized spacial score (nSPS) is 11.3. The van der Waals surface area contributed by atoms with Crippen LogP contribution in [0.4, 0.5) is 4.39 Å². The summed E-state index contributed by atoms with van der Waals surface area (Å²) in [5.74, 6) is -0.235. The number of hydrogen-bond acceptors (Lipinski definition) is 3. The van der Waals surface area contributed by atoms with Crippen molar-refractivity contribution in [2.24, 2.45) is 0 Å². The molecule has 2 aromatic heterocycles. The average Bonchev–Trinajstić information content (AvgIpc) is 2.59. The van der Waals surface area contributed by atoms with Gasteiger partial charge in [0.1, 0.15) is 11.3 Å². The van der Waals surface area contributed by atoms with Crippen LogP contribution >= 0.6 is 15.9 Å². The van der Waals surface area contributed by atoms with Crippen LogP contribution in [0.25, 0.3) is 10.9 Å². The van der Waals surface area contributed by atoms with Crippen LogP contribution in [0.15, 0.2) is 58.1 Å². The lowest BCUT2D eigenvalue weighted by atomic mass is 10.2. The van der Waals surface area contributed by atoms with E-state index in [-0.39, 0.29) is 11.4 Å².